The van der Waals surface area contributed by atoms with Crippen LogP contribution in [0.4, 0.5) is 0 Å². The molecule has 4 nitrogen and oxygen atoms in total. The van der Waals surface area contributed by atoms with Gasteiger partial charge in [0.2, 0.25) is 5.91 Å². The summed E-state index contributed by atoms with van der Waals surface area (Å²) in [6.07, 6.45) is 7.45. The molecule has 0 saturated carbocycles. The second kappa shape index (κ2) is 8.09. The lowest BCUT2D eigenvalue weighted by atomic mass is 10.2. The van der Waals surface area contributed by atoms with Crippen molar-refractivity contribution in [1.29, 1.82) is 0 Å². The average Bonchev–Trinajstić information content (AvgIpc) is 2.66. The van der Waals surface area contributed by atoms with Crippen molar-refractivity contribution in [3.8, 4) is 0 Å². The van der Waals surface area contributed by atoms with Crippen molar-refractivity contribution in [2.24, 2.45) is 5.10 Å². The van der Waals surface area contributed by atoms with Crippen LogP contribution in [-0.4, -0.2) is 29.8 Å². The van der Waals surface area contributed by atoms with Crippen LogP contribution in [0.15, 0.2) is 5.10 Å². The Morgan fingerprint density at radius 1 is 1.18 bits per heavy atom. The summed E-state index contributed by atoms with van der Waals surface area (Å²) in [6, 6.07) is 0. The van der Waals surface area contributed by atoms with Gasteiger partial charge in [0.05, 0.1) is 6.42 Å². The number of carbonyl (C=O) groups is 1. The van der Waals surface area contributed by atoms with Crippen molar-refractivity contribution in [1.82, 2.24) is 10.3 Å². The Kier molecular flexibility index (Phi) is 6.67. The molecule has 4 heteroatoms. The molecule has 98 valence electrons. The second-order valence-electron chi connectivity index (χ2n) is 4.58. The Bertz CT molecular complexity index is 263. The van der Waals surface area contributed by atoms with E-state index in [0.29, 0.717) is 6.42 Å². The summed E-state index contributed by atoms with van der Waals surface area (Å²) in [7, 11) is 0. The Hall–Kier alpha value is -1.06. The molecule has 0 unspecified atom stereocenters. The van der Waals surface area contributed by atoms with E-state index < -0.39 is 0 Å². The first-order valence-electron chi connectivity index (χ1n) is 6.89. The highest BCUT2D eigenvalue weighted by molar-refractivity contribution is 6.03. The van der Waals surface area contributed by atoms with Gasteiger partial charge in [-0.1, -0.05) is 39.5 Å². The monoisotopic (exact) mass is 239 g/mol. The minimum absolute atomic E-state index is 0.138. The highest BCUT2D eigenvalue weighted by Gasteiger charge is 2.22. The Labute approximate surface area is 104 Å². The Morgan fingerprint density at radius 2 is 1.88 bits per heavy atom. The number of amidine groups is 1. The van der Waals surface area contributed by atoms with E-state index in [9.17, 15) is 4.79 Å². The van der Waals surface area contributed by atoms with E-state index in [4.69, 9.17) is 0 Å². The average molecular weight is 239 g/mol. The lowest BCUT2D eigenvalue weighted by Gasteiger charge is -2.10. The number of hydrogen-bond donors (Lipinski definition) is 1. The normalized spacial score (nSPS) is 15.3. The highest BCUT2D eigenvalue weighted by atomic mass is 16.2. The third kappa shape index (κ3) is 5.20. The van der Waals surface area contributed by atoms with Gasteiger partial charge in [0, 0.05) is 13.1 Å². The van der Waals surface area contributed by atoms with Crippen molar-refractivity contribution in [3.63, 3.8) is 0 Å². The molecule has 0 bridgehead atoms. The van der Waals surface area contributed by atoms with Crippen LogP contribution in [0.3, 0.4) is 0 Å². The van der Waals surface area contributed by atoms with Crippen molar-refractivity contribution in [3.05, 3.63) is 0 Å². The number of unbranched alkanes of at least 4 members (excludes halogenated alkanes) is 4. The van der Waals surface area contributed by atoms with Gasteiger partial charge in [-0.05, 0) is 12.8 Å². The molecule has 0 aromatic rings. The van der Waals surface area contributed by atoms with Crippen molar-refractivity contribution in [2.75, 3.05) is 13.1 Å². The maximum absolute atomic E-state index is 11.6. The summed E-state index contributed by atoms with van der Waals surface area (Å²) >= 11 is 0. The molecule has 1 aliphatic heterocycles. The molecular weight excluding hydrogens is 214 g/mol. The van der Waals surface area contributed by atoms with Crippen molar-refractivity contribution >= 4 is 11.7 Å². The number of amides is 1. The molecule has 0 aromatic heterocycles. The van der Waals surface area contributed by atoms with Crippen molar-refractivity contribution < 1.29 is 4.79 Å². The fraction of sp³-hybridized carbons (Fsp3) is 0.846. The zero-order valence-corrected chi connectivity index (χ0v) is 11.2. The maximum Gasteiger partial charge on any atom is 0.250 e. The standard InChI is InChI=1S/C13H25N3O/c1-3-5-7-9-14-12-11-13(17)16(15-12)10-8-6-4-2/h3-11H2,1-2H3,(H,14,15). The molecule has 0 aromatic carbocycles. The van der Waals surface area contributed by atoms with Crippen LogP contribution in [0.25, 0.3) is 0 Å². The van der Waals surface area contributed by atoms with Crippen LogP contribution in [0.2, 0.25) is 0 Å². The third-order valence-corrected chi connectivity index (χ3v) is 2.93. The predicted molar refractivity (Wildman–Crippen MR) is 70.8 cm³/mol. The van der Waals surface area contributed by atoms with Gasteiger partial charge in [0.15, 0.2) is 0 Å². The summed E-state index contributed by atoms with van der Waals surface area (Å²) < 4.78 is 0. The number of rotatable bonds is 8. The van der Waals surface area contributed by atoms with E-state index in [1.54, 1.807) is 5.01 Å². The quantitative estimate of drug-likeness (QED) is 0.661. The van der Waals surface area contributed by atoms with Gasteiger partial charge >= 0.3 is 0 Å². The zero-order valence-electron chi connectivity index (χ0n) is 11.2. The first kappa shape index (κ1) is 14.0. The van der Waals surface area contributed by atoms with Crippen molar-refractivity contribution in [2.45, 2.75) is 58.8 Å². The Morgan fingerprint density at radius 3 is 2.59 bits per heavy atom. The summed E-state index contributed by atoms with van der Waals surface area (Å²) in [5, 5.41) is 9.21. The molecule has 1 aliphatic rings. The summed E-state index contributed by atoms with van der Waals surface area (Å²) in [4.78, 5) is 11.6. The Balaban J connectivity index is 2.22. The molecule has 0 aliphatic carbocycles. The lowest BCUT2D eigenvalue weighted by molar-refractivity contribution is -0.128. The van der Waals surface area contributed by atoms with Crippen LogP contribution in [0, 0.1) is 0 Å². The molecule has 0 spiro atoms. The second-order valence-corrected chi connectivity index (χ2v) is 4.58. The smallest absolute Gasteiger partial charge is 0.250 e. The van der Waals surface area contributed by atoms with Crippen LogP contribution in [0.5, 0.6) is 0 Å². The molecule has 1 rings (SSSR count). The summed E-state index contributed by atoms with van der Waals surface area (Å²) in [5.74, 6) is 0.988. The first-order valence-corrected chi connectivity index (χ1v) is 6.89. The fourth-order valence-electron chi connectivity index (χ4n) is 1.86. The third-order valence-electron chi connectivity index (χ3n) is 2.93. The number of hydrogen-bond acceptors (Lipinski definition) is 3. The maximum atomic E-state index is 11.6. The van der Waals surface area contributed by atoms with E-state index in [0.717, 1.165) is 31.8 Å². The number of hydrazone groups is 1. The van der Waals surface area contributed by atoms with Gasteiger partial charge in [-0.25, -0.2) is 5.01 Å². The van der Waals surface area contributed by atoms with E-state index in [2.05, 4.69) is 24.3 Å². The number of nitrogens with zero attached hydrogens (tertiary/aromatic N) is 2. The minimum Gasteiger partial charge on any atom is -0.372 e. The first-order chi connectivity index (χ1) is 8.27. The van der Waals surface area contributed by atoms with E-state index >= 15 is 0 Å². The topological polar surface area (TPSA) is 44.7 Å². The molecule has 0 saturated heterocycles. The molecule has 0 radical (unpaired) electrons. The SMILES string of the molecule is CCCCCNC1=NN(CCCCC)C(=O)C1. The van der Waals surface area contributed by atoms with E-state index in [1.807, 2.05) is 0 Å². The number of carbonyl (C=O) groups excluding carboxylic acids is 1. The van der Waals surface area contributed by atoms with Gasteiger partial charge in [0.25, 0.3) is 0 Å². The van der Waals surface area contributed by atoms with Gasteiger partial charge < -0.3 is 5.32 Å². The van der Waals surface area contributed by atoms with Gasteiger partial charge in [-0.3, -0.25) is 4.79 Å². The zero-order chi connectivity index (χ0) is 12.5. The summed E-state index contributed by atoms with van der Waals surface area (Å²) in [5.41, 5.74) is 0. The van der Waals surface area contributed by atoms with Crippen LogP contribution < -0.4 is 5.32 Å². The molecule has 17 heavy (non-hydrogen) atoms. The molecule has 0 fully saturated rings. The number of nitrogens with one attached hydrogen (secondary N) is 1. The highest BCUT2D eigenvalue weighted by Crippen LogP contribution is 2.09. The molecule has 1 heterocycles. The predicted octanol–water partition coefficient (Wildman–Crippen LogP) is 2.50. The largest absolute Gasteiger partial charge is 0.372 e. The van der Waals surface area contributed by atoms with Gasteiger partial charge in [-0.2, -0.15) is 5.10 Å². The van der Waals surface area contributed by atoms with E-state index in [1.165, 1.54) is 25.7 Å². The van der Waals surface area contributed by atoms with Crippen LogP contribution in [-0.2, 0) is 4.79 Å². The molecule has 0 atom stereocenters. The lowest BCUT2D eigenvalue weighted by Crippen LogP contribution is -2.23. The fourth-order valence-corrected chi connectivity index (χ4v) is 1.86. The minimum atomic E-state index is 0.138. The van der Waals surface area contributed by atoms with Crippen LogP contribution in [0.1, 0.15) is 58.8 Å². The van der Waals surface area contributed by atoms with Gasteiger partial charge in [0.1, 0.15) is 5.84 Å². The van der Waals surface area contributed by atoms with Crippen LogP contribution >= 0.6 is 0 Å². The summed E-state index contributed by atoms with van der Waals surface area (Å²) in [6.45, 7) is 6.05. The van der Waals surface area contributed by atoms with Gasteiger partial charge in [-0.15, -0.1) is 0 Å². The van der Waals surface area contributed by atoms with E-state index in [-0.39, 0.29) is 5.91 Å². The molecule has 1 amide bonds. The molecule has 1 N–H and O–H groups in total. The molecular formula is C13H25N3O.